The summed E-state index contributed by atoms with van der Waals surface area (Å²) in [6.07, 6.45) is 9.97. The molecular weight excluding hydrogens is 380 g/mol. The number of benzene rings is 1. The number of nitrogens with zero attached hydrogens (tertiary/aromatic N) is 2. The second kappa shape index (κ2) is 5.36. The quantitative estimate of drug-likeness (QED) is 0.564. The smallest absolute Gasteiger partial charge is 0.238 e. The van der Waals surface area contributed by atoms with Crippen molar-refractivity contribution >= 4 is 35.0 Å². The summed E-state index contributed by atoms with van der Waals surface area (Å²) < 4.78 is 0. The predicted molar refractivity (Wildman–Crippen MR) is 107 cm³/mol. The average molecular weight is 400 g/mol. The van der Waals surface area contributed by atoms with E-state index in [0.717, 1.165) is 12.8 Å². The fourth-order valence-electron chi connectivity index (χ4n) is 7.12. The van der Waals surface area contributed by atoms with E-state index in [-0.39, 0.29) is 71.0 Å². The van der Waals surface area contributed by atoms with Crippen molar-refractivity contribution in [1.82, 2.24) is 0 Å². The number of anilines is 2. The van der Waals surface area contributed by atoms with Crippen molar-refractivity contribution in [3.8, 4) is 0 Å². The van der Waals surface area contributed by atoms with E-state index in [4.69, 9.17) is 0 Å². The van der Waals surface area contributed by atoms with Gasteiger partial charge in [0.05, 0.1) is 35.0 Å². The molecule has 0 N–H and O–H groups in total. The minimum Gasteiger partial charge on any atom is -0.274 e. The van der Waals surface area contributed by atoms with Crippen LogP contribution in [0.25, 0.3) is 0 Å². The van der Waals surface area contributed by atoms with Crippen LogP contribution in [0.5, 0.6) is 0 Å². The Morgan fingerprint density at radius 3 is 1.13 bits per heavy atom. The maximum absolute atomic E-state index is 13.3. The number of imide groups is 2. The molecule has 2 aliphatic heterocycles. The van der Waals surface area contributed by atoms with E-state index in [1.165, 1.54) is 9.80 Å². The molecule has 7 rings (SSSR count). The van der Waals surface area contributed by atoms with E-state index in [9.17, 15) is 19.2 Å². The molecule has 2 heterocycles. The van der Waals surface area contributed by atoms with Crippen molar-refractivity contribution in [2.75, 3.05) is 9.80 Å². The largest absolute Gasteiger partial charge is 0.274 e. The minimum absolute atomic E-state index is 0.115. The van der Waals surface area contributed by atoms with Crippen LogP contribution in [0.15, 0.2) is 48.6 Å². The highest BCUT2D eigenvalue weighted by molar-refractivity contribution is 6.28. The lowest BCUT2D eigenvalue weighted by molar-refractivity contribution is -0.125. The van der Waals surface area contributed by atoms with Gasteiger partial charge in [0, 0.05) is 0 Å². The van der Waals surface area contributed by atoms with Gasteiger partial charge in [-0.15, -0.1) is 0 Å². The molecule has 2 saturated carbocycles. The number of allylic oxidation sites excluding steroid dienone is 4. The van der Waals surface area contributed by atoms with E-state index in [1.54, 1.807) is 24.3 Å². The number of para-hydroxylation sites is 2. The number of carbonyl (C=O) groups excluding carboxylic acids is 4. The first kappa shape index (κ1) is 16.7. The fraction of sp³-hybridized carbons (Fsp3) is 0.417. The summed E-state index contributed by atoms with van der Waals surface area (Å²) in [4.78, 5) is 55.7. The standard InChI is InChI=1S/C24H20N2O4/c27-21-17-11-5-6-12(9-11)18(17)22(28)25(21)15-3-1-2-4-16(15)26-23(29)19-13-7-8-14(10-13)20(19)24(26)30/h1-8,11-14,17-20H,9-10H2/t11-,12-,13-,14-,17-,18+,19+,20+/m0/s1. The highest BCUT2D eigenvalue weighted by Gasteiger charge is 2.62. The van der Waals surface area contributed by atoms with Crippen LogP contribution in [0, 0.1) is 47.3 Å². The molecule has 4 fully saturated rings. The first-order valence-electron chi connectivity index (χ1n) is 10.8. The van der Waals surface area contributed by atoms with E-state index < -0.39 is 0 Å². The van der Waals surface area contributed by atoms with Gasteiger partial charge in [-0.1, -0.05) is 36.4 Å². The molecule has 1 aromatic carbocycles. The summed E-state index contributed by atoms with van der Waals surface area (Å²) in [6, 6.07) is 6.86. The number of fused-ring (bicyclic) bond motifs is 10. The topological polar surface area (TPSA) is 74.8 Å². The van der Waals surface area contributed by atoms with Gasteiger partial charge in [-0.05, 0) is 48.6 Å². The Morgan fingerprint density at radius 2 is 0.833 bits per heavy atom. The maximum Gasteiger partial charge on any atom is 0.238 e. The Hall–Kier alpha value is -3.02. The van der Waals surface area contributed by atoms with Crippen molar-refractivity contribution < 1.29 is 19.2 Å². The van der Waals surface area contributed by atoms with Gasteiger partial charge in [-0.25, -0.2) is 9.80 Å². The molecule has 4 bridgehead atoms. The summed E-state index contributed by atoms with van der Waals surface area (Å²) in [7, 11) is 0. The van der Waals surface area contributed by atoms with Crippen molar-refractivity contribution in [1.29, 1.82) is 0 Å². The third-order valence-corrected chi connectivity index (χ3v) is 8.30. The molecule has 4 aliphatic carbocycles. The number of hydrogen-bond donors (Lipinski definition) is 0. The Balaban J connectivity index is 1.30. The summed E-state index contributed by atoms with van der Waals surface area (Å²) >= 11 is 0. The summed E-state index contributed by atoms with van der Waals surface area (Å²) in [5.41, 5.74) is 0.728. The van der Waals surface area contributed by atoms with E-state index in [1.807, 2.05) is 0 Å². The molecule has 0 radical (unpaired) electrons. The van der Waals surface area contributed by atoms with E-state index in [2.05, 4.69) is 24.3 Å². The SMILES string of the molecule is O=C1[C@@H]2[C@H](C(=O)N1c1ccccc1N1C(=O)[C@H]3[C@H](C1=O)[C@H]1C=C[C@H]3C1)[C@H]1C=C[C@H]2C1. The fourth-order valence-corrected chi connectivity index (χ4v) is 7.12. The molecule has 4 amide bonds. The maximum atomic E-state index is 13.3. The molecule has 6 heteroatoms. The average Bonchev–Trinajstić information content (AvgIpc) is 3.56. The van der Waals surface area contributed by atoms with Crippen LogP contribution >= 0.6 is 0 Å². The van der Waals surface area contributed by atoms with Crippen LogP contribution in [0.1, 0.15) is 12.8 Å². The highest BCUT2D eigenvalue weighted by atomic mass is 16.2. The molecule has 1 aromatic rings. The minimum atomic E-state index is -0.315. The van der Waals surface area contributed by atoms with Crippen molar-refractivity contribution in [2.45, 2.75) is 12.8 Å². The van der Waals surface area contributed by atoms with Crippen LogP contribution in [0.3, 0.4) is 0 Å². The van der Waals surface area contributed by atoms with Crippen molar-refractivity contribution in [3.05, 3.63) is 48.6 Å². The Labute approximate surface area is 173 Å². The first-order chi connectivity index (χ1) is 14.6. The second-order valence-electron chi connectivity index (χ2n) is 9.51. The summed E-state index contributed by atoms with van der Waals surface area (Å²) in [5, 5.41) is 0. The lowest BCUT2D eigenvalue weighted by Gasteiger charge is -2.25. The third kappa shape index (κ3) is 1.77. The van der Waals surface area contributed by atoms with E-state index >= 15 is 0 Å². The molecule has 6 nitrogen and oxygen atoms in total. The van der Waals surface area contributed by atoms with Crippen LogP contribution in [0.4, 0.5) is 11.4 Å². The zero-order chi connectivity index (χ0) is 20.3. The molecule has 150 valence electrons. The van der Waals surface area contributed by atoms with Gasteiger partial charge >= 0.3 is 0 Å². The Morgan fingerprint density at radius 1 is 0.533 bits per heavy atom. The first-order valence-corrected chi connectivity index (χ1v) is 10.8. The monoisotopic (exact) mass is 400 g/mol. The number of amides is 4. The lowest BCUT2D eigenvalue weighted by Crippen LogP contribution is -2.37. The number of hydrogen-bond acceptors (Lipinski definition) is 4. The highest BCUT2D eigenvalue weighted by Crippen LogP contribution is 2.56. The normalized spacial score (nSPS) is 42.3. The van der Waals surface area contributed by atoms with Crippen LogP contribution in [-0.2, 0) is 19.2 Å². The molecule has 0 aromatic heterocycles. The molecule has 0 unspecified atom stereocenters. The zero-order valence-corrected chi connectivity index (χ0v) is 16.2. The summed E-state index contributed by atoms with van der Waals surface area (Å²) in [6.45, 7) is 0. The van der Waals surface area contributed by atoms with Gasteiger partial charge in [0.2, 0.25) is 23.6 Å². The molecule has 0 spiro atoms. The van der Waals surface area contributed by atoms with E-state index in [0.29, 0.717) is 11.4 Å². The second-order valence-corrected chi connectivity index (χ2v) is 9.51. The molecule has 2 saturated heterocycles. The Bertz CT molecular complexity index is 973. The van der Waals surface area contributed by atoms with Gasteiger partial charge in [0.1, 0.15) is 0 Å². The zero-order valence-electron chi connectivity index (χ0n) is 16.2. The van der Waals surface area contributed by atoms with Gasteiger partial charge in [-0.3, -0.25) is 19.2 Å². The van der Waals surface area contributed by atoms with Crippen molar-refractivity contribution in [2.24, 2.45) is 47.3 Å². The van der Waals surface area contributed by atoms with Gasteiger partial charge in [0.15, 0.2) is 0 Å². The van der Waals surface area contributed by atoms with Gasteiger partial charge in [0.25, 0.3) is 0 Å². The van der Waals surface area contributed by atoms with Crippen LogP contribution in [-0.4, -0.2) is 23.6 Å². The van der Waals surface area contributed by atoms with Gasteiger partial charge < -0.3 is 0 Å². The van der Waals surface area contributed by atoms with Gasteiger partial charge in [-0.2, -0.15) is 0 Å². The van der Waals surface area contributed by atoms with Crippen LogP contribution in [0.2, 0.25) is 0 Å². The van der Waals surface area contributed by atoms with Crippen molar-refractivity contribution in [3.63, 3.8) is 0 Å². The molecule has 8 atom stereocenters. The number of rotatable bonds is 2. The Kier molecular flexibility index (Phi) is 2.99. The molecule has 30 heavy (non-hydrogen) atoms. The van der Waals surface area contributed by atoms with Crippen LogP contribution < -0.4 is 9.80 Å². The number of carbonyl (C=O) groups is 4. The molecular formula is C24H20N2O4. The lowest BCUT2D eigenvalue weighted by atomic mass is 9.85. The third-order valence-electron chi connectivity index (χ3n) is 8.30. The predicted octanol–water partition coefficient (Wildman–Crippen LogP) is 2.31. The molecule has 6 aliphatic rings. The summed E-state index contributed by atoms with van der Waals surface area (Å²) in [5.74, 6) is -1.59.